The average molecular weight is 348 g/mol. The maximum atomic E-state index is 8.80. The summed E-state index contributed by atoms with van der Waals surface area (Å²) in [5.41, 5.74) is 0. The minimum atomic E-state index is 0.128. The van der Waals surface area contributed by atoms with Gasteiger partial charge in [0.1, 0.15) is 0 Å². The summed E-state index contributed by atoms with van der Waals surface area (Å²) in [5, 5.41) is 19.1. The van der Waals surface area contributed by atoms with Gasteiger partial charge in [-0.05, 0) is 19.3 Å². The van der Waals surface area contributed by atoms with Crippen LogP contribution >= 0.6 is 0 Å². The average Bonchev–Trinajstić information content (AvgIpc) is 2.59. The van der Waals surface area contributed by atoms with Gasteiger partial charge in [0.05, 0.1) is 19.8 Å². The summed E-state index contributed by atoms with van der Waals surface area (Å²) in [4.78, 5) is 11.0. The molecule has 0 aromatic heterocycles. The third kappa shape index (κ3) is 18.1. The van der Waals surface area contributed by atoms with Crippen molar-refractivity contribution in [2.75, 3.05) is 33.0 Å². The molecule has 0 atom stereocenters. The van der Waals surface area contributed by atoms with E-state index in [4.69, 9.17) is 19.9 Å². The topological polar surface area (TPSA) is 62.2 Å². The van der Waals surface area contributed by atoms with Crippen molar-refractivity contribution in [3.63, 3.8) is 0 Å². The van der Waals surface area contributed by atoms with Gasteiger partial charge in [0.15, 0.2) is 0 Å². The second kappa shape index (κ2) is 20.8. The molecule has 0 aliphatic heterocycles. The lowest BCUT2D eigenvalue weighted by atomic mass is 10.1. The number of aliphatic hydroxyl groups excluding tert-OH is 2. The fourth-order valence-corrected chi connectivity index (χ4v) is 2.53. The van der Waals surface area contributed by atoms with Crippen LogP contribution in [0.15, 0.2) is 0 Å². The summed E-state index contributed by atoms with van der Waals surface area (Å²) >= 11 is 0. The Morgan fingerprint density at radius 1 is 0.583 bits per heavy atom. The molecule has 5 heteroatoms. The Hall–Kier alpha value is -0.200. The van der Waals surface area contributed by atoms with Gasteiger partial charge in [-0.1, -0.05) is 76.4 Å². The summed E-state index contributed by atoms with van der Waals surface area (Å²) in [6, 6.07) is 0. The Balaban J connectivity index is 3.46. The number of hydrogen-bond donors (Lipinski definition) is 2. The first-order chi connectivity index (χ1) is 11.8. The largest absolute Gasteiger partial charge is 0.396 e. The molecular formula is C19H41NO4. The van der Waals surface area contributed by atoms with E-state index in [-0.39, 0.29) is 13.2 Å². The second-order valence-electron chi connectivity index (χ2n) is 6.41. The van der Waals surface area contributed by atoms with Crippen LogP contribution in [0.4, 0.5) is 0 Å². The first kappa shape index (κ1) is 23.8. The van der Waals surface area contributed by atoms with E-state index in [1.54, 1.807) is 0 Å². The van der Waals surface area contributed by atoms with Gasteiger partial charge in [-0.3, -0.25) is 9.68 Å². The molecule has 0 rings (SSSR count). The van der Waals surface area contributed by atoms with E-state index in [2.05, 4.69) is 6.92 Å². The van der Waals surface area contributed by atoms with Gasteiger partial charge in [0, 0.05) is 13.2 Å². The third-order valence-electron chi connectivity index (χ3n) is 4.02. The number of unbranched alkanes of at least 4 members (excludes halogenated alkanes) is 10. The molecule has 0 aliphatic rings. The molecule has 0 aliphatic carbocycles. The van der Waals surface area contributed by atoms with E-state index in [1.165, 1.54) is 69.4 Å². The summed E-state index contributed by atoms with van der Waals surface area (Å²) in [5.74, 6) is 0. The number of aliphatic hydroxyl groups is 2. The maximum Gasteiger partial charge on any atom is 0.0733 e. The first-order valence-electron chi connectivity index (χ1n) is 10.1. The molecular weight excluding hydrogens is 306 g/mol. The molecule has 0 bridgehead atoms. The predicted molar refractivity (Wildman–Crippen MR) is 98.5 cm³/mol. The van der Waals surface area contributed by atoms with Crippen LogP contribution in [0.3, 0.4) is 0 Å². The van der Waals surface area contributed by atoms with Gasteiger partial charge in [-0.2, -0.15) is 0 Å². The van der Waals surface area contributed by atoms with E-state index in [0.717, 1.165) is 13.0 Å². The van der Waals surface area contributed by atoms with Crippen molar-refractivity contribution in [2.24, 2.45) is 0 Å². The Bertz CT molecular complexity index is 219. The molecule has 0 fully saturated rings. The number of hydroxylamine groups is 2. The van der Waals surface area contributed by atoms with Crippen LogP contribution in [0.25, 0.3) is 0 Å². The molecule has 5 nitrogen and oxygen atoms in total. The van der Waals surface area contributed by atoms with Crippen molar-refractivity contribution >= 4 is 0 Å². The molecule has 0 amide bonds. The number of nitrogens with zero attached hydrogens (tertiary/aromatic N) is 1. The van der Waals surface area contributed by atoms with Crippen LogP contribution in [0.5, 0.6) is 0 Å². The van der Waals surface area contributed by atoms with Crippen molar-refractivity contribution in [3.05, 3.63) is 0 Å². The molecule has 24 heavy (non-hydrogen) atoms. The van der Waals surface area contributed by atoms with Gasteiger partial charge in [-0.25, -0.2) is 0 Å². The highest BCUT2D eigenvalue weighted by molar-refractivity contribution is 4.48. The molecule has 0 aromatic carbocycles. The molecule has 0 unspecified atom stereocenters. The summed E-state index contributed by atoms with van der Waals surface area (Å²) in [6.45, 7) is 4.19. The maximum absolute atomic E-state index is 8.80. The fourth-order valence-electron chi connectivity index (χ4n) is 2.53. The van der Waals surface area contributed by atoms with Crippen LogP contribution in [0.1, 0.15) is 90.4 Å². The van der Waals surface area contributed by atoms with Gasteiger partial charge in [0.25, 0.3) is 0 Å². The summed E-state index contributed by atoms with van der Waals surface area (Å²) < 4.78 is 0. The summed E-state index contributed by atoms with van der Waals surface area (Å²) in [7, 11) is 0. The second-order valence-corrected chi connectivity index (χ2v) is 6.41. The van der Waals surface area contributed by atoms with Crippen molar-refractivity contribution < 1.29 is 19.9 Å². The lowest BCUT2D eigenvalue weighted by Gasteiger charge is -2.20. The zero-order valence-corrected chi connectivity index (χ0v) is 15.9. The molecule has 0 spiro atoms. The van der Waals surface area contributed by atoms with Crippen molar-refractivity contribution in [3.8, 4) is 0 Å². The zero-order chi connectivity index (χ0) is 17.7. The summed E-state index contributed by atoms with van der Waals surface area (Å²) in [6.07, 6.45) is 15.7. The molecule has 0 saturated heterocycles. The monoisotopic (exact) mass is 347 g/mol. The molecule has 2 N–H and O–H groups in total. The third-order valence-corrected chi connectivity index (χ3v) is 4.02. The minimum absolute atomic E-state index is 0.128. The van der Waals surface area contributed by atoms with Crippen LogP contribution in [-0.2, 0) is 9.68 Å². The van der Waals surface area contributed by atoms with Gasteiger partial charge in [-0.15, -0.1) is 0 Å². The van der Waals surface area contributed by atoms with Crippen LogP contribution in [0, 0.1) is 0 Å². The molecule has 0 radical (unpaired) electrons. The van der Waals surface area contributed by atoms with E-state index >= 15 is 0 Å². The Labute approximate surface area is 149 Å². The fraction of sp³-hybridized carbons (Fsp3) is 1.00. The molecule has 0 heterocycles. The number of rotatable bonds is 20. The lowest BCUT2D eigenvalue weighted by Crippen LogP contribution is -2.27. The zero-order valence-electron chi connectivity index (χ0n) is 15.9. The quantitative estimate of drug-likeness (QED) is 0.255. The Morgan fingerprint density at radius 3 is 1.42 bits per heavy atom. The van der Waals surface area contributed by atoms with Crippen LogP contribution in [0.2, 0.25) is 0 Å². The number of hydrogen-bond acceptors (Lipinski definition) is 5. The lowest BCUT2D eigenvalue weighted by molar-refractivity contribution is -0.369. The van der Waals surface area contributed by atoms with Crippen molar-refractivity contribution in [2.45, 2.75) is 90.4 Å². The minimum Gasteiger partial charge on any atom is -0.396 e. The first-order valence-corrected chi connectivity index (χ1v) is 10.1. The Morgan fingerprint density at radius 2 is 1.00 bits per heavy atom. The van der Waals surface area contributed by atoms with E-state index in [1.807, 2.05) is 0 Å². The van der Waals surface area contributed by atoms with Gasteiger partial charge >= 0.3 is 0 Å². The smallest absolute Gasteiger partial charge is 0.0733 e. The molecule has 146 valence electrons. The standard InChI is InChI=1S/C19H41NO4/c1-2-3-4-5-6-7-8-9-10-11-12-15-20(23-18-13-16-21)24-19-14-17-22/h21-22H,2-19H2,1H3. The highest BCUT2D eigenvalue weighted by Gasteiger charge is 2.06. The van der Waals surface area contributed by atoms with Gasteiger partial charge < -0.3 is 10.2 Å². The molecule has 0 saturated carbocycles. The normalized spacial score (nSPS) is 11.5. The van der Waals surface area contributed by atoms with E-state index < -0.39 is 0 Å². The predicted octanol–water partition coefficient (Wildman–Crippen LogP) is 4.23. The Kier molecular flexibility index (Phi) is 20.7. The molecule has 0 aromatic rings. The van der Waals surface area contributed by atoms with Crippen LogP contribution in [-0.4, -0.2) is 48.4 Å². The van der Waals surface area contributed by atoms with Crippen molar-refractivity contribution in [1.82, 2.24) is 5.23 Å². The highest BCUT2D eigenvalue weighted by Crippen LogP contribution is 2.11. The van der Waals surface area contributed by atoms with E-state index in [9.17, 15) is 0 Å². The van der Waals surface area contributed by atoms with Crippen molar-refractivity contribution in [1.29, 1.82) is 0 Å². The van der Waals surface area contributed by atoms with E-state index in [0.29, 0.717) is 26.1 Å². The van der Waals surface area contributed by atoms with Crippen LogP contribution < -0.4 is 0 Å². The SMILES string of the molecule is CCCCCCCCCCCCCN(OCCCO)OCCCO. The van der Waals surface area contributed by atoms with Gasteiger partial charge in [0.2, 0.25) is 0 Å². The highest BCUT2D eigenvalue weighted by atomic mass is 16.9.